The maximum absolute atomic E-state index is 10.4. The van der Waals surface area contributed by atoms with Gasteiger partial charge in [0.2, 0.25) is 6.79 Å². The van der Waals surface area contributed by atoms with Crippen molar-refractivity contribution in [2.75, 3.05) is 26.5 Å². The van der Waals surface area contributed by atoms with E-state index in [0.29, 0.717) is 6.54 Å². The Morgan fingerprint density at radius 2 is 1.61 bits per heavy atom. The van der Waals surface area contributed by atoms with Crippen LogP contribution < -0.4 is 19.5 Å². The minimum atomic E-state index is -0.532. The molecule has 200 valence electrons. The number of aliphatic hydroxyl groups excluding tert-OH is 1. The van der Waals surface area contributed by atoms with Crippen LogP contribution >= 0.6 is 0 Å². The van der Waals surface area contributed by atoms with E-state index < -0.39 is 6.10 Å². The molecule has 0 amide bonds. The molecule has 38 heavy (non-hydrogen) atoms. The van der Waals surface area contributed by atoms with Gasteiger partial charge in [0, 0.05) is 6.54 Å². The highest BCUT2D eigenvalue weighted by Gasteiger charge is 2.18. The number of nitrogens with one attached hydrogen (secondary N) is 1. The van der Waals surface area contributed by atoms with Gasteiger partial charge in [-0.2, -0.15) is 0 Å². The van der Waals surface area contributed by atoms with Gasteiger partial charge in [-0.05, 0) is 83.8 Å². The standard InChI is InChI=1S/C33H39NO4/c1-2-30(27-15-18-31-32(19-27)38-23-37-31)33(25-11-7-4-8-12-25)26-13-16-29(17-14-26)36-22-28(35)21-34-20-24-9-5-3-6-10-24/h4,7-8,11-19,24,28,34-35H,2-3,5-6,9-10,20-23H2,1H3. The third-order valence-corrected chi connectivity index (χ3v) is 7.56. The summed E-state index contributed by atoms with van der Waals surface area (Å²) in [5.74, 6) is 3.09. The highest BCUT2D eigenvalue weighted by atomic mass is 16.7. The van der Waals surface area contributed by atoms with Crippen LogP contribution in [0.25, 0.3) is 11.1 Å². The SMILES string of the molecule is CCC(=C(c1ccccc1)c1ccc(OCC(O)CNCC2CCCCC2)cc1)c1ccc2c(c1)OCO2. The van der Waals surface area contributed by atoms with Gasteiger partial charge in [-0.25, -0.2) is 0 Å². The summed E-state index contributed by atoms with van der Waals surface area (Å²) < 4.78 is 17.1. The predicted octanol–water partition coefficient (Wildman–Crippen LogP) is 6.69. The summed E-state index contributed by atoms with van der Waals surface area (Å²) in [5.41, 5.74) is 5.83. The van der Waals surface area contributed by atoms with E-state index in [-0.39, 0.29) is 13.4 Å². The third kappa shape index (κ3) is 6.58. The van der Waals surface area contributed by atoms with Crippen molar-refractivity contribution in [1.29, 1.82) is 0 Å². The second kappa shape index (κ2) is 13.0. The molecule has 3 aromatic rings. The van der Waals surface area contributed by atoms with Crippen molar-refractivity contribution >= 4 is 11.1 Å². The zero-order valence-electron chi connectivity index (χ0n) is 22.3. The fraction of sp³-hybridized carbons (Fsp3) is 0.394. The van der Waals surface area contributed by atoms with Crippen LogP contribution in [0.5, 0.6) is 17.2 Å². The molecule has 0 saturated heterocycles. The van der Waals surface area contributed by atoms with Crippen molar-refractivity contribution in [3.05, 3.63) is 89.5 Å². The second-order valence-corrected chi connectivity index (χ2v) is 10.3. The molecule has 1 saturated carbocycles. The van der Waals surface area contributed by atoms with Gasteiger partial charge in [0.05, 0.1) is 0 Å². The number of hydrogen-bond acceptors (Lipinski definition) is 5. The maximum atomic E-state index is 10.4. The summed E-state index contributed by atoms with van der Waals surface area (Å²) in [6, 6.07) is 24.9. The van der Waals surface area contributed by atoms with Gasteiger partial charge in [-0.3, -0.25) is 0 Å². The van der Waals surface area contributed by atoms with Crippen molar-refractivity contribution in [3.8, 4) is 17.2 Å². The van der Waals surface area contributed by atoms with Gasteiger partial charge in [0.25, 0.3) is 0 Å². The second-order valence-electron chi connectivity index (χ2n) is 10.3. The Hall–Kier alpha value is -3.28. The summed E-state index contributed by atoms with van der Waals surface area (Å²) in [6.45, 7) is 4.27. The van der Waals surface area contributed by atoms with Gasteiger partial charge < -0.3 is 24.6 Å². The molecule has 5 nitrogen and oxygen atoms in total. The minimum absolute atomic E-state index is 0.266. The number of hydrogen-bond donors (Lipinski definition) is 2. The van der Waals surface area contributed by atoms with Crippen molar-refractivity contribution in [2.45, 2.75) is 51.6 Å². The minimum Gasteiger partial charge on any atom is -0.491 e. The van der Waals surface area contributed by atoms with E-state index in [1.165, 1.54) is 43.3 Å². The molecule has 3 aromatic carbocycles. The van der Waals surface area contributed by atoms with Crippen LogP contribution in [0.3, 0.4) is 0 Å². The normalized spacial score (nSPS) is 16.7. The average molecular weight is 514 g/mol. The third-order valence-electron chi connectivity index (χ3n) is 7.56. The van der Waals surface area contributed by atoms with Crippen LogP contribution in [0.1, 0.15) is 62.1 Å². The zero-order valence-corrected chi connectivity index (χ0v) is 22.3. The molecule has 2 aliphatic rings. The monoisotopic (exact) mass is 513 g/mol. The Morgan fingerprint density at radius 3 is 2.37 bits per heavy atom. The van der Waals surface area contributed by atoms with E-state index >= 15 is 0 Å². The molecule has 1 unspecified atom stereocenters. The number of benzene rings is 3. The largest absolute Gasteiger partial charge is 0.491 e. The smallest absolute Gasteiger partial charge is 0.231 e. The van der Waals surface area contributed by atoms with Crippen LogP contribution in [-0.4, -0.2) is 37.7 Å². The topological polar surface area (TPSA) is 60.0 Å². The molecule has 1 aliphatic carbocycles. The van der Waals surface area contributed by atoms with E-state index in [1.807, 2.05) is 24.3 Å². The lowest BCUT2D eigenvalue weighted by molar-refractivity contribution is 0.105. The molecular formula is C33H39NO4. The molecule has 0 spiro atoms. The summed E-state index contributed by atoms with van der Waals surface area (Å²) in [5, 5.41) is 13.8. The Morgan fingerprint density at radius 1 is 0.895 bits per heavy atom. The van der Waals surface area contributed by atoms with E-state index in [9.17, 15) is 5.11 Å². The molecule has 0 bridgehead atoms. The van der Waals surface area contributed by atoms with Crippen LogP contribution in [-0.2, 0) is 0 Å². The molecule has 1 fully saturated rings. The number of ether oxygens (including phenoxy) is 3. The Kier molecular flexibility index (Phi) is 9.00. The first-order chi connectivity index (χ1) is 18.7. The van der Waals surface area contributed by atoms with E-state index in [2.05, 4.69) is 60.8 Å². The van der Waals surface area contributed by atoms with Crippen LogP contribution in [0, 0.1) is 5.92 Å². The van der Waals surface area contributed by atoms with Crippen LogP contribution in [0.2, 0.25) is 0 Å². The van der Waals surface area contributed by atoms with E-state index in [1.54, 1.807) is 0 Å². The average Bonchev–Trinajstić information content (AvgIpc) is 3.44. The van der Waals surface area contributed by atoms with E-state index in [4.69, 9.17) is 14.2 Å². The maximum Gasteiger partial charge on any atom is 0.231 e. The molecule has 1 aliphatic heterocycles. The molecule has 5 heteroatoms. The Balaban J connectivity index is 1.29. The zero-order chi connectivity index (χ0) is 26.2. The van der Waals surface area contributed by atoms with Crippen molar-refractivity contribution in [1.82, 2.24) is 5.32 Å². The number of allylic oxidation sites excluding steroid dienone is 1. The molecule has 1 atom stereocenters. The van der Waals surface area contributed by atoms with Crippen molar-refractivity contribution in [3.63, 3.8) is 0 Å². The molecule has 2 N–H and O–H groups in total. The summed E-state index contributed by atoms with van der Waals surface area (Å²) in [7, 11) is 0. The van der Waals surface area contributed by atoms with Crippen LogP contribution in [0.15, 0.2) is 72.8 Å². The number of rotatable bonds is 11. The molecule has 1 heterocycles. The summed E-state index contributed by atoms with van der Waals surface area (Å²) in [4.78, 5) is 0. The van der Waals surface area contributed by atoms with E-state index in [0.717, 1.165) is 52.8 Å². The molecule has 0 radical (unpaired) electrons. The molecule has 0 aromatic heterocycles. The van der Waals surface area contributed by atoms with Gasteiger partial charge >= 0.3 is 0 Å². The van der Waals surface area contributed by atoms with Crippen molar-refractivity contribution in [2.24, 2.45) is 5.92 Å². The fourth-order valence-electron chi connectivity index (χ4n) is 5.54. The lowest BCUT2D eigenvalue weighted by Crippen LogP contribution is -2.34. The Labute approximate surface area is 226 Å². The van der Waals surface area contributed by atoms with Gasteiger partial charge in [-0.1, -0.05) is 74.7 Å². The van der Waals surface area contributed by atoms with Gasteiger partial charge in [-0.15, -0.1) is 0 Å². The first-order valence-corrected chi connectivity index (χ1v) is 14.0. The lowest BCUT2D eigenvalue weighted by atomic mass is 9.88. The first-order valence-electron chi connectivity index (χ1n) is 14.0. The predicted molar refractivity (Wildman–Crippen MR) is 153 cm³/mol. The number of aliphatic hydroxyl groups is 1. The quantitative estimate of drug-likeness (QED) is 0.280. The fourth-order valence-corrected chi connectivity index (χ4v) is 5.54. The highest BCUT2D eigenvalue weighted by Crippen LogP contribution is 2.39. The summed E-state index contributed by atoms with van der Waals surface area (Å²) in [6.07, 6.45) is 6.99. The van der Waals surface area contributed by atoms with Crippen LogP contribution in [0.4, 0.5) is 0 Å². The van der Waals surface area contributed by atoms with Gasteiger partial charge in [0.15, 0.2) is 11.5 Å². The summed E-state index contributed by atoms with van der Waals surface area (Å²) >= 11 is 0. The lowest BCUT2D eigenvalue weighted by Gasteiger charge is -2.22. The molecule has 5 rings (SSSR count). The Bertz CT molecular complexity index is 1200. The van der Waals surface area contributed by atoms with Gasteiger partial charge in [0.1, 0.15) is 18.5 Å². The molecular weight excluding hydrogens is 474 g/mol. The number of fused-ring (bicyclic) bond motifs is 1. The van der Waals surface area contributed by atoms with Crippen molar-refractivity contribution < 1.29 is 19.3 Å². The first kappa shape index (κ1) is 26.3. The highest BCUT2D eigenvalue weighted by molar-refractivity contribution is 5.98.